The second-order valence-electron chi connectivity index (χ2n) is 4.88. The number of ketones is 1. The lowest BCUT2D eigenvalue weighted by Crippen LogP contribution is -1.90. The maximum atomic E-state index is 11.4. The van der Waals surface area contributed by atoms with Gasteiger partial charge < -0.3 is 9.73 Å². The summed E-state index contributed by atoms with van der Waals surface area (Å²) >= 11 is 0. The van der Waals surface area contributed by atoms with E-state index in [4.69, 9.17) is 4.42 Å². The van der Waals surface area contributed by atoms with Gasteiger partial charge in [0, 0.05) is 18.0 Å². The van der Waals surface area contributed by atoms with E-state index < -0.39 is 0 Å². The highest BCUT2D eigenvalue weighted by Gasteiger charge is 2.11. The van der Waals surface area contributed by atoms with Crippen molar-refractivity contribution in [1.29, 1.82) is 0 Å². The first kappa shape index (κ1) is 12.5. The van der Waals surface area contributed by atoms with Crippen molar-refractivity contribution in [1.82, 2.24) is 0 Å². The van der Waals surface area contributed by atoms with E-state index in [-0.39, 0.29) is 5.78 Å². The van der Waals surface area contributed by atoms with Gasteiger partial charge in [-0.05, 0) is 31.2 Å². The Morgan fingerprint density at radius 2 is 1.85 bits per heavy atom. The summed E-state index contributed by atoms with van der Waals surface area (Å²) in [5.74, 6) is 0.320. The molecular formula is C17H15NO2. The fourth-order valence-corrected chi connectivity index (χ4v) is 2.13. The van der Waals surface area contributed by atoms with E-state index in [1.165, 1.54) is 12.5 Å². The van der Waals surface area contributed by atoms with E-state index in [1.54, 1.807) is 6.07 Å². The molecule has 0 aliphatic heterocycles. The monoisotopic (exact) mass is 265 g/mol. The molecule has 0 saturated carbocycles. The zero-order valence-corrected chi connectivity index (χ0v) is 11.4. The predicted molar refractivity (Wildman–Crippen MR) is 80.7 cm³/mol. The van der Waals surface area contributed by atoms with Crippen molar-refractivity contribution in [3.8, 4) is 0 Å². The lowest BCUT2D eigenvalue weighted by Gasteiger charge is -2.07. The zero-order valence-electron chi connectivity index (χ0n) is 11.4. The standard InChI is InChI=1S/C17H15NO2/c1-11-6-8-14(9-7-11)18-15-5-3-4-13-10-16(12(2)19)20-17(13)15/h3-10,18H,1-2H3. The summed E-state index contributed by atoms with van der Waals surface area (Å²) in [6.45, 7) is 3.56. The molecule has 0 aliphatic carbocycles. The van der Waals surface area contributed by atoms with Crippen LogP contribution in [0, 0.1) is 6.92 Å². The van der Waals surface area contributed by atoms with Gasteiger partial charge in [0.15, 0.2) is 17.1 Å². The largest absolute Gasteiger partial charge is 0.451 e. The number of carbonyl (C=O) groups is 1. The van der Waals surface area contributed by atoms with Crippen LogP contribution in [0.1, 0.15) is 23.0 Å². The average molecular weight is 265 g/mol. The number of aryl methyl sites for hydroxylation is 1. The Morgan fingerprint density at radius 3 is 2.55 bits per heavy atom. The molecule has 0 spiro atoms. The minimum absolute atomic E-state index is 0.0671. The number of carbonyl (C=O) groups excluding carboxylic acids is 1. The number of nitrogens with one attached hydrogen (secondary N) is 1. The van der Waals surface area contributed by atoms with Crippen LogP contribution in [0.3, 0.4) is 0 Å². The van der Waals surface area contributed by atoms with Gasteiger partial charge >= 0.3 is 0 Å². The van der Waals surface area contributed by atoms with Crippen molar-refractivity contribution < 1.29 is 9.21 Å². The van der Waals surface area contributed by atoms with Crippen LogP contribution in [-0.4, -0.2) is 5.78 Å². The van der Waals surface area contributed by atoms with Crippen molar-refractivity contribution in [3.05, 3.63) is 59.9 Å². The molecule has 20 heavy (non-hydrogen) atoms. The summed E-state index contributed by atoms with van der Waals surface area (Å²) < 4.78 is 5.64. The Hall–Kier alpha value is -2.55. The average Bonchev–Trinajstić information content (AvgIpc) is 2.87. The molecule has 0 aliphatic rings. The molecule has 0 saturated heterocycles. The first-order chi connectivity index (χ1) is 9.63. The third kappa shape index (κ3) is 2.30. The Kier molecular flexibility index (Phi) is 3.03. The van der Waals surface area contributed by atoms with E-state index in [1.807, 2.05) is 42.5 Å². The maximum absolute atomic E-state index is 11.4. The number of benzene rings is 2. The zero-order chi connectivity index (χ0) is 14.1. The summed E-state index contributed by atoms with van der Waals surface area (Å²) in [6, 6.07) is 15.7. The molecule has 3 rings (SSSR count). The van der Waals surface area contributed by atoms with Crippen molar-refractivity contribution in [2.75, 3.05) is 5.32 Å². The molecule has 0 bridgehead atoms. The molecule has 1 aromatic heterocycles. The normalized spacial score (nSPS) is 10.7. The Labute approximate surface area is 117 Å². The molecular weight excluding hydrogens is 250 g/mol. The molecule has 0 atom stereocenters. The minimum atomic E-state index is -0.0671. The minimum Gasteiger partial charge on any atom is -0.451 e. The molecule has 2 aromatic carbocycles. The van der Waals surface area contributed by atoms with Crippen LogP contribution in [-0.2, 0) is 0 Å². The van der Waals surface area contributed by atoms with E-state index in [0.29, 0.717) is 11.3 Å². The molecule has 0 radical (unpaired) electrons. The quantitative estimate of drug-likeness (QED) is 0.699. The fourth-order valence-electron chi connectivity index (χ4n) is 2.13. The number of fused-ring (bicyclic) bond motifs is 1. The molecule has 100 valence electrons. The van der Waals surface area contributed by atoms with Gasteiger partial charge in [0.1, 0.15) is 0 Å². The first-order valence-corrected chi connectivity index (χ1v) is 6.51. The van der Waals surface area contributed by atoms with Gasteiger partial charge in [-0.3, -0.25) is 4.79 Å². The van der Waals surface area contributed by atoms with Crippen LogP contribution in [0.2, 0.25) is 0 Å². The summed E-state index contributed by atoms with van der Waals surface area (Å²) in [5.41, 5.74) is 3.77. The van der Waals surface area contributed by atoms with Crippen LogP contribution in [0.4, 0.5) is 11.4 Å². The molecule has 3 aromatic rings. The predicted octanol–water partition coefficient (Wildman–Crippen LogP) is 4.69. The van der Waals surface area contributed by atoms with E-state index >= 15 is 0 Å². The number of para-hydroxylation sites is 1. The van der Waals surface area contributed by atoms with Gasteiger partial charge in [-0.25, -0.2) is 0 Å². The number of anilines is 2. The van der Waals surface area contributed by atoms with Crippen LogP contribution >= 0.6 is 0 Å². The van der Waals surface area contributed by atoms with E-state index in [0.717, 1.165) is 16.8 Å². The molecule has 1 heterocycles. The molecule has 0 amide bonds. The van der Waals surface area contributed by atoms with Crippen molar-refractivity contribution in [2.45, 2.75) is 13.8 Å². The SMILES string of the molecule is CC(=O)c1cc2cccc(Nc3ccc(C)cc3)c2o1. The van der Waals surface area contributed by atoms with Crippen molar-refractivity contribution >= 4 is 28.1 Å². The summed E-state index contributed by atoms with van der Waals surface area (Å²) in [4.78, 5) is 11.4. The van der Waals surface area contributed by atoms with Gasteiger partial charge in [0.25, 0.3) is 0 Å². The van der Waals surface area contributed by atoms with Crippen molar-refractivity contribution in [2.24, 2.45) is 0 Å². The van der Waals surface area contributed by atoms with E-state index in [2.05, 4.69) is 12.2 Å². The Morgan fingerprint density at radius 1 is 1.10 bits per heavy atom. The first-order valence-electron chi connectivity index (χ1n) is 6.51. The van der Waals surface area contributed by atoms with Gasteiger partial charge in [0.05, 0.1) is 5.69 Å². The molecule has 1 N–H and O–H groups in total. The summed E-state index contributed by atoms with van der Waals surface area (Å²) in [7, 11) is 0. The van der Waals surface area contributed by atoms with Gasteiger partial charge in [-0.1, -0.05) is 29.8 Å². The third-order valence-electron chi connectivity index (χ3n) is 3.22. The summed E-state index contributed by atoms with van der Waals surface area (Å²) in [6.07, 6.45) is 0. The number of hydrogen-bond acceptors (Lipinski definition) is 3. The Balaban J connectivity index is 2.02. The lowest BCUT2D eigenvalue weighted by atomic mass is 10.2. The molecule has 0 unspecified atom stereocenters. The lowest BCUT2D eigenvalue weighted by molar-refractivity contribution is 0.0989. The third-order valence-corrected chi connectivity index (χ3v) is 3.22. The fraction of sp³-hybridized carbons (Fsp3) is 0.118. The highest BCUT2D eigenvalue weighted by atomic mass is 16.3. The van der Waals surface area contributed by atoms with Gasteiger partial charge in [-0.15, -0.1) is 0 Å². The smallest absolute Gasteiger partial charge is 0.194 e. The second kappa shape index (κ2) is 4.85. The topological polar surface area (TPSA) is 42.2 Å². The van der Waals surface area contributed by atoms with Crippen LogP contribution < -0.4 is 5.32 Å². The molecule has 3 nitrogen and oxygen atoms in total. The highest BCUT2D eigenvalue weighted by Crippen LogP contribution is 2.29. The number of hydrogen-bond donors (Lipinski definition) is 1. The van der Waals surface area contributed by atoms with Gasteiger partial charge in [-0.2, -0.15) is 0 Å². The molecule has 0 fully saturated rings. The van der Waals surface area contributed by atoms with Gasteiger partial charge in [0.2, 0.25) is 0 Å². The van der Waals surface area contributed by atoms with Crippen molar-refractivity contribution in [3.63, 3.8) is 0 Å². The van der Waals surface area contributed by atoms with Crippen LogP contribution in [0.15, 0.2) is 52.9 Å². The van der Waals surface area contributed by atoms with Crippen LogP contribution in [0.5, 0.6) is 0 Å². The highest BCUT2D eigenvalue weighted by molar-refractivity contribution is 5.99. The number of Topliss-reactive ketones (excluding diaryl/α,β-unsaturated/α-hetero) is 1. The molecule has 3 heteroatoms. The summed E-state index contributed by atoms with van der Waals surface area (Å²) in [5, 5.41) is 4.24. The Bertz CT molecular complexity index is 769. The van der Waals surface area contributed by atoms with Crippen LogP contribution in [0.25, 0.3) is 11.0 Å². The van der Waals surface area contributed by atoms with E-state index in [9.17, 15) is 4.79 Å². The second-order valence-corrected chi connectivity index (χ2v) is 4.88. The number of rotatable bonds is 3. The maximum Gasteiger partial charge on any atom is 0.194 e. The number of furan rings is 1.